The van der Waals surface area contributed by atoms with Crippen LogP contribution in [0.2, 0.25) is 0 Å². The molecule has 1 nitrogen and oxygen atoms in total. The molecule has 1 saturated carbocycles. The molecule has 0 amide bonds. The number of anilines is 1. The summed E-state index contributed by atoms with van der Waals surface area (Å²) in [6.07, 6.45) is 4.20. The van der Waals surface area contributed by atoms with E-state index in [4.69, 9.17) is 0 Å². The van der Waals surface area contributed by atoms with E-state index in [1.807, 2.05) is 0 Å². The number of hydrogen-bond donors (Lipinski definition) is 0. The van der Waals surface area contributed by atoms with Crippen molar-refractivity contribution in [2.24, 2.45) is 0 Å². The van der Waals surface area contributed by atoms with Gasteiger partial charge in [-0.2, -0.15) is 0 Å². The first-order valence-corrected chi connectivity index (χ1v) is 5.81. The molecule has 13 heavy (non-hydrogen) atoms. The molecule has 1 heterocycles. The van der Waals surface area contributed by atoms with Crippen molar-refractivity contribution in [2.75, 3.05) is 9.66 Å². The van der Waals surface area contributed by atoms with Crippen LogP contribution in [0.4, 0.5) is 5.69 Å². The van der Waals surface area contributed by atoms with E-state index >= 15 is 0 Å². The third kappa shape index (κ3) is 0.981. The van der Waals surface area contributed by atoms with Gasteiger partial charge in [0.2, 0.25) is 0 Å². The fourth-order valence-electron chi connectivity index (χ4n) is 2.60. The number of benzene rings is 1. The van der Waals surface area contributed by atoms with E-state index in [-0.39, 0.29) is 0 Å². The molecule has 2 heteroatoms. The number of fused-ring (bicyclic) bond motifs is 2. The van der Waals surface area contributed by atoms with E-state index in [1.54, 1.807) is 5.56 Å². The Kier molecular flexibility index (Phi) is 1.63. The molecule has 1 aromatic rings. The highest BCUT2D eigenvalue weighted by molar-refractivity contribution is 14.1. The molecule has 0 unspecified atom stereocenters. The highest BCUT2D eigenvalue weighted by Gasteiger charge is 2.46. The molecule has 2 aliphatic rings. The van der Waals surface area contributed by atoms with Gasteiger partial charge in [0.05, 0.1) is 22.9 Å². The number of para-hydroxylation sites is 1. The first-order valence-electron chi connectivity index (χ1n) is 4.85. The Labute approximate surface area is 92.6 Å². The van der Waals surface area contributed by atoms with Crippen LogP contribution < -0.4 is 3.11 Å². The molecular formula is C11H12IN. The molecule has 0 aromatic heterocycles. The summed E-state index contributed by atoms with van der Waals surface area (Å²) in [6, 6.07) is 8.87. The number of halogens is 1. The molecule has 0 bridgehead atoms. The third-order valence-corrected chi connectivity index (χ3v) is 4.35. The minimum atomic E-state index is 0.539. The Hall–Kier alpha value is -0.250. The fraction of sp³-hybridized carbons (Fsp3) is 0.455. The van der Waals surface area contributed by atoms with Crippen LogP contribution in [0.5, 0.6) is 0 Å². The number of nitrogens with zero attached hydrogens (tertiary/aromatic N) is 1. The lowest BCUT2D eigenvalue weighted by Crippen LogP contribution is -2.36. The minimum Gasteiger partial charge on any atom is -0.314 e. The monoisotopic (exact) mass is 285 g/mol. The average Bonchev–Trinajstić information content (AvgIpc) is 2.40. The van der Waals surface area contributed by atoms with Crippen LogP contribution in [0, 0.1) is 0 Å². The smallest absolute Gasteiger partial charge is 0.0591 e. The van der Waals surface area contributed by atoms with Gasteiger partial charge in [0, 0.05) is 17.6 Å². The van der Waals surface area contributed by atoms with Gasteiger partial charge in [0.15, 0.2) is 0 Å². The molecule has 0 N–H and O–H groups in total. The van der Waals surface area contributed by atoms with Gasteiger partial charge < -0.3 is 3.11 Å². The molecule has 1 spiro atoms. The predicted molar refractivity (Wildman–Crippen MR) is 63.3 cm³/mol. The van der Waals surface area contributed by atoms with Crippen molar-refractivity contribution in [3.63, 3.8) is 0 Å². The van der Waals surface area contributed by atoms with Crippen LogP contribution >= 0.6 is 22.9 Å². The van der Waals surface area contributed by atoms with Gasteiger partial charge >= 0.3 is 0 Å². The average molecular weight is 285 g/mol. The van der Waals surface area contributed by atoms with E-state index < -0.39 is 0 Å². The molecule has 68 valence electrons. The van der Waals surface area contributed by atoms with E-state index in [9.17, 15) is 0 Å². The van der Waals surface area contributed by atoms with Crippen LogP contribution in [0.3, 0.4) is 0 Å². The highest BCUT2D eigenvalue weighted by Crippen LogP contribution is 2.53. The van der Waals surface area contributed by atoms with Crippen molar-refractivity contribution in [1.82, 2.24) is 0 Å². The lowest BCUT2D eigenvalue weighted by atomic mass is 9.66. The molecule has 0 radical (unpaired) electrons. The number of rotatable bonds is 0. The van der Waals surface area contributed by atoms with Crippen LogP contribution in [0.15, 0.2) is 24.3 Å². The zero-order valence-electron chi connectivity index (χ0n) is 7.46. The van der Waals surface area contributed by atoms with Crippen LogP contribution in [0.1, 0.15) is 24.8 Å². The van der Waals surface area contributed by atoms with E-state index in [0.717, 1.165) is 0 Å². The van der Waals surface area contributed by atoms with E-state index in [1.165, 1.54) is 31.5 Å². The first kappa shape index (κ1) is 8.09. The van der Waals surface area contributed by atoms with Gasteiger partial charge in [-0.15, -0.1) is 0 Å². The summed E-state index contributed by atoms with van der Waals surface area (Å²) in [5.41, 5.74) is 3.58. The normalized spacial score (nSPS) is 23.0. The predicted octanol–water partition coefficient (Wildman–Crippen LogP) is 3.28. The zero-order chi connectivity index (χ0) is 8.89. The molecule has 0 saturated heterocycles. The Morgan fingerprint density at radius 2 is 2.00 bits per heavy atom. The van der Waals surface area contributed by atoms with Gasteiger partial charge in [-0.05, 0) is 24.5 Å². The van der Waals surface area contributed by atoms with Crippen molar-refractivity contribution in [3.05, 3.63) is 29.8 Å². The molecule has 1 aromatic carbocycles. The van der Waals surface area contributed by atoms with Crippen LogP contribution in [0.25, 0.3) is 0 Å². The standard InChI is InChI=1S/C11H12IN/c12-13-8-11(6-3-7-11)9-4-1-2-5-10(9)13/h1-2,4-5H,3,6-8H2. The first-order chi connectivity index (χ1) is 6.32. The van der Waals surface area contributed by atoms with E-state index in [2.05, 4.69) is 50.2 Å². The largest absolute Gasteiger partial charge is 0.314 e. The maximum atomic E-state index is 2.44. The van der Waals surface area contributed by atoms with Crippen molar-refractivity contribution in [3.8, 4) is 0 Å². The van der Waals surface area contributed by atoms with Gasteiger partial charge in [-0.3, -0.25) is 0 Å². The van der Waals surface area contributed by atoms with Crippen LogP contribution in [-0.4, -0.2) is 6.54 Å². The van der Waals surface area contributed by atoms with Gasteiger partial charge in [-0.25, -0.2) is 0 Å². The minimum absolute atomic E-state index is 0.539. The lowest BCUT2D eigenvalue weighted by molar-refractivity contribution is 0.270. The second-order valence-corrected chi connectivity index (χ2v) is 5.34. The summed E-state index contributed by atoms with van der Waals surface area (Å²) in [7, 11) is 0. The van der Waals surface area contributed by atoms with Crippen molar-refractivity contribution in [2.45, 2.75) is 24.7 Å². The van der Waals surface area contributed by atoms with Crippen molar-refractivity contribution < 1.29 is 0 Å². The van der Waals surface area contributed by atoms with Gasteiger partial charge in [-0.1, -0.05) is 24.6 Å². The third-order valence-electron chi connectivity index (χ3n) is 3.49. The molecule has 1 fully saturated rings. The summed E-state index contributed by atoms with van der Waals surface area (Å²) in [5, 5.41) is 0. The zero-order valence-corrected chi connectivity index (χ0v) is 9.62. The lowest BCUT2D eigenvalue weighted by Gasteiger charge is -2.38. The van der Waals surface area contributed by atoms with Crippen molar-refractivity contribution >= 4 is 28.6 Å². The second kappa shape index (κ2) is 2.62. The molecule has 1 aliphatic carbocycles. The number of hydrogen-bond acceptors (Lipinski definition) is 1. The topological polar surface area (TPSA) is 3.24 Å². The Morgan fingerprint density at radius 3 is 2.69 bits per heavy atom. The van der Waals surface area contributed by atoms with E-state index in [0.29, 0.717) is 5.41 Å². The molecule has 1 aliphatic heterocycles. The van der Waals surface area contributed by atoms with Crippen molar-refractivity contribution in [1.29, 1.82) is 0 Å². The SMILES string of the molecule is IN1CC2(CCC2)c2ccccc21. The summed E-state index contributed by atoms with van der Waals surface area (Å²) >= 11 is 2.44. The Morgan fingerprint density at radius 1 is 1.23 bits per heavy atom. The summed E-state index contributed by atoms with van der Waals surface area (Å²) in [6.45, 7) is 1.23. The summed E-state index contributed by atoms with van der Waals surface area (Å²) in [4.78, 5) is 0. The Balaban J connectivity index is 2.15. The molecule has 0 atom stereocenters. The maximum absolute atomic E-state index is 2.44. The quantitative estimate of drug-likeness (QED) is 0.522. The molecule has 3 rings (SSSR count). The molecular weight excluding hydrogens is 273 g/mol. The highest BCUT2D eigenvalue weighted by atomic mass is 127. The van der Waals surface area contributed by atoms with Gasteiger partial charge in [0.25, 0.3) is 0 Å². The summed E-state index contributed by atoms with van der Waals surface area (Å²) in [5.74, 6) is 0. The maximum Gasteiger partial charge on any atom is 0.0591 e. The second-order valence-electron chi connectivity index (χ2n) is 4.17. The Bertz CT molecular complexity index is 344. The van der Waals surface area contributed by atoms with Crippen LogP contribution in [-0.2, 0) is 5.41 Å². The summed E-state index contributed by atoms with van der Waals surface area (Å²) < 4.78 is 2.38. The van der Waals surface area contributed by atoms with Gasteiger partial charge in [0.1, 0.15) is 0 Å². The fourth-order valence-corrected chi connectivity index (χ4v) is 3.67.